The van der Waals surface area contributed by atoms with Crippen LogP contribution >= 0.6 is 0 Å². The number of nitrogens with zero attached hydrogens (tertiary/aromatic N) is 2. The Labute approximate surface area is 177 Å². The van der Waals surface area contributed by atoms with Crippen LogP contribution in [0, 0.1) is 11.3 Å². The van der Waals surface area contributed by atoms with E-state index < -0.39 is 36.6 Å². The highest BCUT2D eigenvalue weighted by molar-refractivity contribution is 6.38. The Bertz CT molecular complexity index is 1130. The number of hydrogen-bond acceptors (Lipinski definition) is 5. The predicted octanol–water partition coefficient (Wildman–Crippen LogP) is 3.61. The highest BCUT2D eigenvalue weighted by Gasteiger charge is 2.53. The van der Waals surface area contributed by atoms with Gasteiger partial charge in [-0.1, -0.05) is 6.92 Å². The van der Waals surface area contributed by atoms with Crippen molar-refractivity contribution in [2.24, 2.45) is 11.3 Å². The molecule has 5 rings (SSSR count). The van der Waals surface area contributed by atoms with E-state index in [4.69, 9.17) is 4.74 Å². The molecule has 0 amide bonds. The van der Waals surface area contributed by atoms with Gasteiger partial charge in [0.25, 0.3) is 0 Å². The minimum absolute atomic E-state index is 0.108. The summed E-state index contributed by atoms with van der Waals surface area (Å²) in [6.07, 6.45) is 2.55. The fourth-order valence-electron chi connectivity index (χ4n) is 4.97. The molecule has 0 radical (unpaired) electrons. The maximum Gasteiger partial charge on any atom is 0.798 e. The van der Waals surface area contributed by atoms with Crippen molar-refractivity contribution in [2.45, 2.75) is 38.4 Å². The van der Waals surface area contributed by atoms with Crippen LogP contribution in [-0.4, -0.2) is 44.4 Å². The first-order chi connectivity index (χ1) is 14.8. The van der Waals surface area contributed by atoms with E-state index in [-0.39, 0.29) is 11.8 Å². The molecule has 6 nitrogen and oxygen atoms in total. The summed E-state index contributed by atoms with van der Waals surface area (Å²) in [6.45, 7) is 3.96. The van der Waals surface area contributed by atoms with Crippen molar-refractivity contribution >= 4 is 30.0 Å². The monoisotopic (exact) mass is 434 g/mol. The lowest BCUT2D eigenvalue weighted by Gasteiger charge is -2.24. The summed E-state index contributed by atoms with van der Waals surface area (Å²) in [6, 6.07) is 2.71. The largest absolute Gasteiger partial charge is 0.798 e. The molecule has 3 fully saturated rings. The second kappa shape index (κ2) is 6.93. The van der Waals surface area contributed by atoms with E-state index in [0.29, 0.717) is 22.6 Å². The van der Waals surface area contributed by atoms with Crippen molar-refractivity contribution in [1.82, 2.24) is 4.57 Å². The van der Waals surface area contributed by atoms with Crippen LogP contribution < -0.4 is 15.1 Å². The molecule has 0 N–H and O–H groups in total. The highest BCUT2D eigenvalue weighted by atomic mass is 19.2. The van der Waals surface area contributed by atoms with Crippen LogP contribution in [0.4, 0.5) is 18.7 Å². The fraction of sp³-hybridized carbons (Fsp3) is 0.524. The van der Waals surface area contributed by atoms with Gasteiger partial charge in [0.2, 0.25) is 5.43 Å². The molecular formula is C21H22BF3N2O4. The molecule has 1 spiro atoms. The van der Waals surface area contributed by atoms with Crippen LogP contribution in [0.2, 0.25) is 0 Å². The van der Waals surface area contributed by atoms with Crippen molar-refractivity contribution in [1.29, 1.82) is 0 Å². The molecular weight excluding hydrogens is 412 g/mol. The van der Waals surface area contributed by atoms with Crippen LogP contribution in [0.3, 0.4) is 0 Å². The van der Waals surface area contributed by atoms with Gasteiger partial charge < -0.3 is 18.9 Å². The molecule has 0 bridgehead atoms. The molecule has 10 heteroatoms. The number of carbonyl (C=O) groups is 1. The van der Waals surface area contributed by atoms with E-state index in [2.05, 4.69) is 16.5 Å². The maximum absolute atomic E-state index is 14.0. The van der Waals surface area contributed by atoms with Crippen LogP contribution in [0.25, 0.3) is 10.9 Å². The first-order valence-electron chi connectivity index (χ1n) is 10.4. The van der Waals surface area contributed by atoms with Gasteiger partial charge in [0.15, 0.2) is 5.75 Å². The average molecular weight is 434 g/mol. The van der Waals surface area contributed by atoms with E-state index in [1.54, 1.807) is 12.1 Å². The third-order valence-corrected chi connectivity index (χ3v) is 7.06. The number of halogens is 3. The lowest BCUT2D eigenvalue weighted by molar-refractivity contribution is 0.0693. The number of rotatable bonds is 5. The highest BCUT2D eigenvalue weighted by Crippen LogP contribution is 2.57. The van der Waals surface area contributed by atoms with E-state index >= 15 is 0 Å². The summed E-state index contributed by atoms with van der Waals surface area (Å²) in [5, 5.41) is 0.108. The first-order valence-corrected chi connectivity index (χ1v) is 10.4. The Morgan fingerprint density at radius 3 is 2.55 bits per heavy atom. The SMILES string of the molecule is COc1c(N2CC(C)C3(CC3)C2)ccc2c(=O)c(C(=O)OB(F)F)cn(C3CC3F)c12. The quantitative estimate of drug-likeness (QED) is 0.674. The number of anilines is 1. The standard InChI is InChI=1S/C21H22BF3N2O4/c1-11-8-26(10-21(11)5-6-21)15-4-3-12-17(19(15)30-2)27(16-7-14(16)23)9-13(18(12)28)20(29)31-22(24)25/h3-4,9,11,14,16H,5-8,10H2,1-2H3. The number of pyridine rings is 1. The summed E-state index contributed by atoms with van der Waals surface area (Å²) in [5.74, 6) is -0.480. The average Bonchev–Trinajstić information content (AvgIpc) is 3.62. The number of ether oxygens (including phenoxy) is 1. The number of hydrogen-bond donors (Lipinski definition) is 0. The second-order valence-electron chi connectivity index (χ2n) is 8.92. The van der Waals surface area contributed by atoms with Crippen molar-refractivity contribution in [3.63, 3.8) is 0 Å². The molecule has 1 aliphatic heterocycles. The zero-order valence-electron chi connectivity index (χ0n) is 17.2. The van der Waals surface area contributed by atoms with Gasteiger partial charge in [0, 0.05) is 25.7 Å². The van der Waals surface area contributed by atoms with E-state index in [1.807, 2.05) is 0 Å². The Morgan fingerprint density at radius 1 is 1.29 bits per heavy atom. The third-order valence-electron chi connectivity index (χ3n) is 7.06. The smallest absolute Gasteiger partial charge is 0.492 e. The third kappa shape index (κ3) is 3.18. The summed E-state index contributed by atoms with van der Waals surface area (Å²) in [4.78, 5) is 27.3. The summed E-state index contributed by atoms with van der Waals surface area (Å²) in [5.41, 5.74) is 0.203. The van der Waals surface area contributed by atoms with Gasteiger partial charge in [-0.05, 0) is 36.3 Å². The van der Waals surface area contributed by atoms with Gasteiger partial charge in [-0.15, -0.1) is 0 Å². The number of aromatic nitrogens is 1. The molecule has 3 unspecified atom stereocenters. The van der Waals surface area contributed by atoms with Crippen molar-refractivity contribution in [3.05, 3.63) is 34.1 Å². The topological polar surface area (TPSA) is 60.8 Å². The number of carbonyl (C=O) groups excluding carboxylic acids is 1. The molecule has 31 heavy (non-hydrogen) atoms. The van der Waals surface area contributed by atoms with E-state index in [1.165, 1.54) is 24.5 Å². The summed E-state index contributed by atoms with van der Waals surface area (Å²) in [7, 11) is -1.87. The van der Waals surface area contributed by atoms with Crippen molar-refractivity contribution in [3.8, 4) is 5.75 Å². The van der Waals surface area contributed by atoms with Crippen LogP contribution in [0.1, 0.15) is 42.6 Å². The Hall–Kier alpha value is -2.65. The van der Waals surface area contributed by atoms with Gasteiger partial charge in [-0.3, -0.25) is 4.79 Å². The minimum atomic E-state index is -3.35. The number of benzene rings is 1. The molecule has 1 aromatic carbocycles. The van der Waals surface area contributed by atoms with E-state index in [0.717, 1.165) is 25.0 Å². The van der Waals surface area contributed by atoms with Gasteiger partial charge in [-0.25, -0.2) is 17.8 Å². The van der Waals surface area contributed by atoms with Gasteiger partial charge in [-0.2, -0.15) is 0 Å². The van der Waals surface area contributed by atoms with Gasteiger partial charge in [0.05, 0.1) is 29.7 Å². The van der Waals surface area contributed by atoms with Crippen molar-refractivity contribution < 1.29 is 27.2 Å². The van der Waals surface area contributed by atoms with Gasteiger partial charge in [0.1, 0.15) is 11.7 Å². The second-order valence-corrected chi connectivity index (χ2v) is 8.92. The van der Waals surface area contributed by atoms with Gasteiger partial charge >= 0.3 is 13.4 Å². The van der Waals surface area contributed by atoms with Crippen LogP contribution in [0.5, 0.6) is 5.75 Å². The van der Waals surface area contributed by atoms with Crippen molar-refractivity contribution in [2.75, 3.05) is 25.1 Å². The predicted molar refractivity (Wildman–Crippen MR) is 110 cm³/mol. The van der Waals surface area contributed by atoms with Crippen LogP contribution in [0.15, 0.2) is 23.1 Å². The lowest BCUT2D eigenvalue weighted by Crippen LogP contribution is -2.25. The Morgan fingerprint density at radius 2 is 2.00 bits per heavy atom. The molecule has 2 aliphatic carbocycles. The number of methoxy groups -OCH3 is 1. The lowest BCUT2D eigenvalue weighted by atomic mass is 9.95. The maximum atomic E-state index is 14.0. The molecule has 3 aliphatic rings. The Kier molecular flexibility index (Phi) is 4.53. The number of fused-ring (bicyclic) bond motifs is 1. The Balaban J connectivity index is 1.68. The van der Waals surface area contributed by atoms with E-state index in [9.17, 15) is 22.6 Å². The number of alkyl halides is 1. The minimum Gasteiger partial charge on any atom is -0.492 e. The molecule has 164 valence electrons. The molecule has 1 aromatic heterocycles. The molecule has 3 atom stereocenters. The first kappa shape index (κ1) is 20.3. The van der Waals surface area contributed by atoms with Crippen LogP contribution in [-0.2, 0) is 4.65 Å². The fourth-order valence-corrected chi connectivity index (χ4v) is 4.97. The molecule has 2 aromatic rings. The molecule has 2 heterocycles. The zero-order valence-corrected chi connectivity index (χ0v) is 17.2. The summed E-state index contributed by atoms with van der Waals surface area (Å²) >= 11 is 0. The molecule has 1 saturated heterocycles. The summed E-state index contributed by atoms with van der Waals surface area (Å²) < 4.78 is 50.3. The normalized spacial score (nSPS) is 25.7. The zero-order chi connectivity index (χ0) is 22.1. The molecule has 2 saturated carbocycles.